The zero-order valence-corrected chi connectivity index (χ0v) is 15.2. The third-order valence-electron chi connectivity index (χ3n) is 4.44. The van der Waals surface area contributed by atoms with Crippen molar-refractivity contribution in [1.82, 2.24) is 5.32 Å². The van der Waals surface area contributed by atoms with Crippen LogP contribution in [0, 0.1) is 19.7 Å². The van der Waals surface area contributed by atoms with Gasteiger partial charge in [-0.1, -0.05) is 17.7 Å². The molecular weight excluding hydrogens is 357 g/mol. The van der Waals surface area contributed by atoms with E-state index in [0.717, 1.165) is 16.8 Å². The highest BCUT2D eigenvalue weighted by molar-refractivity contribution is 6.31. The molecule has 0 radical (unpaired) electrons. The van der Waals surface area contributed by atoms with E-state index in [0.29, 0.717) is 12.2 Å². The van der Waals surface area contributed by atoms with Gasteiger partial charge >= 0.3 is 6.03 Å². The number of carbonyl (C=O) groups is 2. The van der Waals surface area contributed by atoms with Crippen LogP contribution in [0.4, 0.5) is 20.6 Å². The maximum Gasteiger partial charge on any atom is 0.319 e. The standard InChI is InChI=1S/C19H19ClFN3O2/c1-11-3-5-15(7-12(11)2)24-10-14(9-18(24)25)23-19(26)22-13-4-6-17(21)16(20)8-13/h3-8,14H,9-10H2,1-2H3,(H2,22,23,26). The van der Waals surface area contributed by atoms with Gasteiger partial charge in [0.25, 0.3) is 0 Å². The molecule has 2 N–H and O–H groups in total. The summed E-state index contributed by atoms with van der Waals surface area (Å²) in [5.74, 6) is -0.591. The van der Waals surface area contributed by atoms with Crippen molar-refractivity contribution in [3.05, 3.63) is 58.4 Å². The Morgan fingerprint density at radius 1 is 1.19 bits per heavy atom. The van der Waals surface area contributed by atoms with Gasteiger partial charge in [0.15, 0.2) is 0 Å². The Hall–Kier alpha value is -2.60. The summed E-state index contributed by atoms with van der Waals surface area (Å²) in [7, 11) is 0. The lowest BCUT2D eigenvalue weighted by molar-refractivity contribution is -0.117. The summed E-state index contributed by atoms with van der Waals surface area (Å²) in [4.78, 5) is 26.1. The monoisotopic (exact) mass is 375 g/mol. The van der Waals surface area contributed by atoms with Crippen LogP contribution in [0.5, 0.6) is 0 Å². The number of benzene rings is 2. The van der Waals surface area contributed by atoms with Gasteiger partial charge in [-0.25, -0.2) is 9.18 Å². The average Bonchev–Trinajstić information content (AvgIpc) is 2.93. The molecule has 1 aliphatic heterocycles. The molecule has 0 saturated carbocycles. The highest BCUT2D eigenvalue weighted by atomic mass is 35.5. The molecule has 1 heterocycles. The number of amides is 3. The van der Waals surface area contributed by atoms with E-state index < -0.39 is 11.8 Å². The van der Waals surface area contributed by atoms with Crippen LogP contribution in [0.3, 0.4) is 0 Å². The molecule has 1 unspecified atom stereocenters. The molecule has 5 nitrogen and oxygen atoms in total. The molecule has 1 saturated heterocycles. The highest BCUT2D eigenvalue weighted by Crippen LogP contribution is 2.24. The number of hydrogen-bond donors (Lipinski definition) is 2. The predicted molar refractivity (Wildman–Crippen MR) is 100 cm³/mol. The minimum absolute atomic E-state index is 0.0385. The van der Waals surface area contributed by atoms with Gasteiger partial charge < -0.3 is 15.5 Å². The van der Waals surface area contributed by atoms with Crippen molar-refractivity contribution >= 4 is 34.9 Å². The highest BCUT2D eigenvalue weighted by Gasteiger charge is 2.31. The summed E-state index contributed by atoms with van der Waals surface area (Å²) < 4.78 is 13.2. The van der Waals surface area contributed by atoms with E-state index in [9.17, 15) is 14.0 Å². The first-order valence-electron chi connectivity index (χ1n) is 8.23. The maximum atomic E-state index is 13.2. The second kappa shape index (κ2) is 7.33. The van der Waals surface area contributed by atoms with E-state index in [1.165, 1.54) is 18.2 Å². The SMILES string of the molecule is Cc1ccc(N2CC(NC(=O)Nc3ccc(F)c(Cl)c3)CC2=O)cc1C. The fourth-order valence-electron chi connectivity index (χ4n) is 2.87. The topological polar surface area (TPSA) is 61.4 Å². The number of nitrogens with zero attached hydrogens (tertiary/aromatic N) is 1. The van der Waals surface area contributed by atoms with Gasteiger partial charge in [-0.3, -0.25) is 4.79 Å². The lowest BCUT2D eigenvalue weighted by Crippen LogP contribution is -2.39. The molecule has 0 bridgehead atoms. The van der Waals surface area contributed by atoms with E-state index in [2.05, 4.69) is 10.6 Å². The molecule has 1 aliphatic rings. The summed E-state index contributed by atoms with van der Waals surface area (Å²) in [6.07, 6.45) is 0.227. The van der Waals surface area contributed by atoms with Gasteiger partial charge in [-0.05, 0) is 55.3 Å². The second-order valence-electron chi connectivity index (χ2n) is 6.40. The summed E-state index contributed by atoms with van der Waals surface area (Å²) in [6, 6.07) is 9.01. The van der Waals surface area contributed by atoms with Gasteiger partial charge in [0.05, 0.1) is 11.1 Å². The van der Waals surface area contributed by atoms with Gasteiger partial charge in [0, 0.05) is 24.3 Å². The van der Waals surface area contributed by atoms with Crippen LogP contribution in [-0.2, 0) is 4.79 Å². The quantitative estimate of drug-likeness (QED) is 0.851. The number of carbonyl (C=O) groups excluding carboxylic acids is 2. The first-order chi connectivity index (χ1) is 12.3. The molecule has 0 spiro atoms. The molecule has 7 heteroatoms. The lowest BCUT2D eigenvalue weighted by atomic mass is 10.1. The molecule has 0 aromatic heterocycles. The maximum absolute atomic E-state index is 13.2. The normalized spacial score (nSPS) is 16.7. The van der Waals surface area contributed by atoms with Gasteiger partial charge in [0.2, 0.25) is 5.91 Å². The first-order valence-corrected chi connectivity index (χ1v) is 8.61. The average molecular weight is 376 g/mol. The van der Waals surface area contributed by atoms with E-state index in [1.807, 2.05) is 32.0 Å². The van der Waals surface area contributed by atoms with E-state index in [1.54, 1.807) is 4.90 Å². The van der Waals surface area contributed by atoms with Crippen LogP contribution in [0.2, 0.25) is 5.02 Å². The molecule has 26 heavy (non-hydrogen) atoms. The Morgan fingerprint density at radius 3 is 2.65 bits per heavy atom. The van der Waals surface area contributed by atoms with Crippen molar-refractivity contribution in [3.8, 4) is 0 Å². The van der Waals surface area contributed by atoms with Crippen molar-refractivity contribution in [2.24, 2.45) is 0 Å². The summed E-state index contributed by atoms with van der Waals surface area (Å²) in [5.41, 5.74) is 3.47. The van der Waals surface area contributed by atoms with E-state index in [4.69, 9.17) is 11.6 Å². The number of anilines is 2. The van der Waals surface area contributed by atoms with Crippen molar-refractivity contribution in [2.75, 3.05) is 16.8 Å². The third-order valence-corrected chi connectivity index (χ3v) is 4.73. The van der Waals surface area contributed by atoms with Crippen molar-refractivity contribution in [2.45, 2.75) is 26.3 Å². The zero-order chi connectivity index (χ0) is 18.8. The molecule has 136 valence electrons. The van der Waals surface area contributed by atoms with Crippen molar-refractivity contribution in [1.29, 1.82) is 0 Å². The minimum atomic E-state index is -0.553. The van der Waals surface area contributed by atoms with Gasteiger partial charge in [0.1, 0.15) is 5.82 Å². The molecule has 2 aromatic rings. The first kappa shape index (κ1) is 18.2. The second-order valence-corrected chi connectivity index (χ2v) is 6.81. The van der Waals surface area contributed by atoms with Crippen LogP contribution in [0.15, 0.2) is 36.4 Å². The predicted octanol–water partition coefficient (Wildman–Crippen LogP) is 4.02. The molecule has 3 rings (SSSR count). The van der Waals surface area contributed by atoms with E-state index in [-0.39, 0.29) is 23.4 Å². The largest absolute Gasteiger partial charge is 0.333 e. The Kier molecular flexibility index (Phi) is 5.13. The molecular formula is C19H19ClFN3O2. The number of hydrogen-bond acceptors (Lipinski definition) is 2. The van der Waals surface area contributed by atoms with Crippen LogP contribution in [-0.4, -0.2) is 24.5 Å². The molecule has 2 aromatic carbocycles. The zero-order valence-electron chi connectivity index (χ0n) is 14.5. The number of urea groups is 1. The van der Waals surface area contributed by atoms with E-state index >= 15 is 0 Å². The number of halogens is 2. The lowest BCUT2D eigenvalue weighted by Gasteiger charge is -2.18. The summed E-state index contributed by atoms with van der Waals surface area (Å²) in [6.45, 7) is 4.41. The number of nitrogens with one attached hydrogen (secondary N) is 2. The summed E-state index contributed by atoms with van der Waals surface area (Å²) in [5, 5.41) is 5.29. The van der Waals surface area contributed by atoms with Crippen molar-refractivity contribution < 1.29 is 14.0 Å². The third kappa shape index (κ3) is 3.96. The van der Waals surface area contributed by atoms with Gasteiger partial charge in [-0.15, -0.1) is 0 Å². The van der Waals surface area contributed by atoms with Gasteiger partial charge in [-0.2, -0.15) is 0 Å². The minimum Gasteiger partial charge on any atom is -0.333 e. The Labute approximate surface area is 156 Å². The molecule has 1 fully saturated rings. The Bertz CT molecular complexity index is 872. The Balaban J connectivity index is 1.62. The number of aryl methyl sites for hydroxylation is 2. The fourth-order valence-corrected chi connectivity index (χ4v) is 3.05. The number of rotatable bonds is 3. The summed E-state index contributed by atoms with van der Waals surface area (Å²) >= 11 is 5.70. The smallest absolute Gasteiger partial charge is 0.319 e. The molecule has 3 amide bonds. The molecule has 0 aliphatic carbocycles. The fraction of sp³-hybridized carbons (Fsp3) is 0.263. The van der Waals surface area contributed by atoms with Crippen molar-refractivity contribution in [3.63, 3.8) is 0 Å². The van der Waals surface area contributed by atoms with Crippen LogP contribution >= 0.6 is 11.6 Å². The molecule has 1 atom stereocenters. The van der Waals surface area contributed by atoms with Crippen LogP contribution in [0.25, 0.3) is 0 Å². The van der Waals surface area contributed by atoms with Crippen LogP contribution in [0.1, 0.15) is 17.5 Å². The Morgan fingerprint density at radius 2 is 1.96 bits per heavy atom. The van der Waals surface area contributed by atoms with Crippen LogP contribution < -0.4 is 15.5 Å².